The summed E-state index contributed by atoms with van der Waals surface area (Å²) in [6.07, 6.45) is 31.9. The lowest BCUT2D eigenvalue weighted by atomic mass is 10.0. The summed E-state index contributed by atoms with van der Waals surface area (Å²) in [6, 6.07) is 0. The Labute approximate surface area is 224 Å². The third kappa shape index (κ3) is 27.5. The summed E-state index contributed by atoms with van der Waals surface area (Å²) < 4.78 is 5.74. The molecule has 0 aliphatic heterocycles. The third-order valence-corrected chi connectivity index (χ3v) is 7.40. The van der Waals surface area contributed by atoms with E-state index in [1.165, 1.54) is 122 Å². The average Bonchev–Trinajstić information content (AvgIpc) is 2.86. The number of hydrogen-bond donors (Lipinski definition) is 1. The van der Waals surface area contributed by atoms with Crippen molar-refractivity contribution in [2.75, 3.05) is 0 Å². The number of carboxylic acids is 1. The van der Waals surface area contributed by atoms with Gasteiger partial charge in [-0.2, -0.15) is 0 Å². The SMILES string of the molecule is CCCCCCCCCCCCCC(=O)OC(CC)CCCCCCCCCCCCCCC(=O)O. The molecule has 0 saturated heterocycles. The Morgan fingerprint density at radius 3 is 1.28 bits per heavy atom. The molecule has 0 amide bonds. The van der Waals surface area contributed by atoms with Crippen molar-refractivity contribution in [1.82, 2.24) is 0 Å². The van der Waals surface area contributed by atoms with Crippen LogP contribution in [0.3, 0.4) is 0 Å². The van der Waals surface area contributed by atoms with Gasteiger partial charge in [-0.1, -0.05) is 142 Å². The standard InChI is InChI=1S/C32H62O4/c1-3-5-6-7-8-9-12-17-20-23-26-29-32(35)36-30(4-2)27-24-21-18-15-13-10-11-14-16-19-22-25-28-31(33)34/h30H,3-29H2,1-2H3,(H,33,34). The zero-order chi connectivity index (χ0) is 26.5. The molecule has 4 nitrogen and oxygen atoms in total. The van der Waals surface area contributed by atoms with E-state index in [0.717, 1.165) is 38.5 Å². The number of hydrogen-bond acceptors (Lipinski definition) is 3. The van der Waals surface area contributed by atoms with Crippen LogP contribution in [0.15, 0.2) is 0 Å². The van der Waals surface area contributed by atoms with E-state index in [1.807, 2.05) is 0 Å². The molecule has 0 aromatic heterocycles. The van der Waals surface area contributed by atoms with Gasteiger partial charge in [0.05, 0.1) is 0 Å². The van der Waals surface area contributed by atoms with Crippen molar-refractivity contribution in [3.8, 4) is 0 Å². The fraction of sp³-hybridized carbons (Fsp3) is 0.938. The zero-order valence-corrected chi connectivity index (χ0v) is 24.3. The highest BCUT2D eigenvalue weighted by Gasteiger charge is 2.12. The number of carbonyl (C=O) groups is 2. The van der Waals surface area contributed by atoms with Crippen LogP contribution < -0.4 is 0 Å². The summed E-state index contributed by atoms with van der Waals surface area (Å²) in [5.74, 6) is -0.657. The number of unbranched alkanes of at least 4 members (excludes halogenated alkanes) is 21. The van der Waals surface area contributed by atoms with Gasteiger partial charge in [-0.05, 0) is 32.1 Å². The van der Waals surface area contributed by atoms with E-state index in [9.17, 15) is 9.59 Å². The Balaban J connectivity index is 3.42. The van der Waals surface area contributed by atoms with Gasteiger partial charge in [0.25, 0.3) is 0 Å². The van der Waals surface area contributed by atoms with Gasteiger partial charge in [0.1, 0.15) is 6.10 Å². The number of carboxylic acid groups (broad SMARTS) is 1. The number of esters is 1. The van der Waals surface area contributed by atoms with Crippen molar-refractivity contribution < 1.29 is 19.4 Å². The lowest BCUT2D eigenvalue weighted by molar-refractivity contribution is -0.149. The Morgan fingerprint density at radius 2 is 0.889 bits per heavy atom. The van der Waals surface area contributed by atoms with Crippen molar-refractivity contribution in [1.29, 1.82) is 0 Å². The Morgan fingerprint density at radius 1 is 0.528 bits per heavy atom. The van der Waals surface area contributed by atoms with Gasteiger partial charge in [-0.15, -0.1) is 0 Å². The van der Waals surface area contributed by atoms with Crippen LogP contribution in [-0.2, 0) is 14.3 Å². The minimum atomic E-state index is -0.670. The van der Waals surface area contributed by atoms with Gasteiger partial charge >= 0.3 is 11.9 Å². The maximum atomic E-state index is 12.2. The van der Waals surface area contributed by atoms with E-state index in [0.29, 0.717) is 12.8 Å². The van der Waals surface area contributed by atoms with E-state index in [-0.39, 0.29) is 12.1 Å². The summed E-state index contributed by atoms with van der Waals surface area (Å²) in [6.45, 7) is 4.40. The maximum absolute atomic E-state index is 12.2. The molecule has 0 fully saturated rings. The predicted molar refractivity (Wildman–Crippen MR) is 154 cm³/mol. The molecular formula is C32H62O4. The molecule has 0 aliphatic rings. The van der Waals surface area contributed by atoms with Gasteiger partial charge < -0.3 is 9.84 Å². The molecule has 0 spiro atoms. The zero-order valence-electron chi connectivity index (χ0n) is 24.3. The van der Waals surface area contributed by atoms with Crippen molar-refractivity contribution in [3.05, 3.63) is 0 Å². The highest BCUT2D eigenvalue weighted by atomic mass is 16.5. The number of rotatable bonds is 29. The molecule has 214 valence electrons. The van der Waals surface area contributed by atoms with Gasteiger partial charge in [-0.3, -0.25) is 9.59 Å². The molecule has 0 radical (unpaired) electrons. The summed E-state index contributed by atoms with van der Waals surface area (Å²) >= 11 is 0. The molecule has 1 N–H and O–H groups in total. The lowest BCUT2D eigenvalue weighted by Crippen LogP contribution is -2.17. The first-order chi connectivity index (χ1) is 17.6. The Hall–Kier alpha value is -1.06. The molecule has 1 atom stereocenters. The van der Waals surface area contributed by atoms with Gasteiger partial charge in [-0.25, -0.2) is 0 Å². The van der Waals surface area contributed by atoms with Crippen molar-refractivity contribution in [3.63, 3.8) is 0 Å². The average molecular weight is 511 g/mol. The second-order valence-electron chi connectivity index (χ2n) is 11.0. The van der Waals surface area contributed by atoms with E-state index in [2.05, 4.69) is 13.8 Å². The highest BCUT2D eigenvalue weighted by molar-refractivity contribution is 5.69. The van der Waals surface area contributed by atoms with Crippen LogP contribution in [0.5, 0.6) is 0 Å². The van der Waals surface area contributed by atoms with E-state index in [4.69, 9.17) is 9.84 Å². The van der Waals surface area contributed by atoms with Crippen molar-refractivity contribution >= 4 is 11.9 Å². The van der Waals surface area contributed by atoms with Crippen LogP contribution in [-0.4, -0.2) is 23.1 Å². The number of ether oxygens (including phenoxy) is 1. The largest absolute Gasteiger partial charge is 0.481 e. The van der Waals surface area contributed by atoms with Gasteiger partial charge in [0, 0.05) is 12.8 Å². The van der Waals surface area contributed by atoms with Crippen LogP contribution in [0.1, 0.15) is 187 Å². The lowest BCUT2D eigenvalue weighted by Gasteiger charge is -2.16. The Kier molecular flexibility index (Phi) is 27.7. The topological polar surface area (TPSA) is 63.6 Å². The van der Waals surface area contributed by atoms with Crippen molar-refractivity contribution in [2.45, 2.75) is 193 Å². The number of carbonyl (C=O) groups excluding carboxylic acids is 1. The van der Waals surface area contributed by atoms with Gasteiger partial charge in [0.15, 0.2) is 0 Å². The molecule has 36 heavy (non-hydrogen) atoms. The van der Waals surface area contributed by atoms with Crippen LogP contribution in [0.2, 0.25) is 0 Å². The molecular weight excluding hydrogens is 448 g/mol. The first-order valence-electron chi connectivity index (χ1n) is 16.0. The molecule has 0 bridgehead atoms. The minimum Gasteiger partial charge on any atom is -0.481 e. The van der Waals surface area contributed by atoms with Crippen LogP contribution in [0.25, 0.3) is 0 Å². The summed E-state index contributed by atoms with van der Waals surface area (Å²) in [5, 5.41) is 8.63. The highest BCUT2D eigenvalue weighted by Crippen LogP contribution is 2.16. The second kappa shape index (κ2) is 28.5. The quantitative estimate of drug-likeness (QED) is 0.0802. The smallest absolute Gasteiger partial charge is 0.306 e. The third-order valence-electron chi connectivity index (χ3n) is 7.40. The van der Waals surface area contributed by atoms with E-state index in [1.54, 1.807) is 0 Å². The summed E-state index contributed by atoms with van der Waals surface area (Å²) in [7, 11) is 0. The van der Waals surface area contributed by atoms with Crippen molar-refractivity contribution in [2.24, 2.45) is 0 Å². The first-order valence-corrected chi connectivity index (χ1v) is 16.0. The van der Waals surface area contributed by atoms with E-state index < -0.39 is 5.97 Å². The molecule has 0 aromatic rings. The number of aliphatic carboxylic acids is 1. The van der Waals surface area contributed by atoms with E-state index >= 15 is 0 Å². The maximum Gasteiger partial charge on any atom is 0.306 e. The predicted octanol–water partition coefficient (Wildman–Crippen LogP) is 10.6. The molecule has 1 unspecified atom stereocenters. The first kappa shape index (κ1) is 34.9. The second-order valence-corrected chi connectivity index (χ2v) is 11.0. The Bertz CT molecular complexity index is 477. The van der Waals surface area contributed by atoms with Gasteiger partial charge in [0.2, 0.25) is 0 Å². The van der Waals surface area contributed by atoms with Crippen LogP contribution in [0.4, 0.5) is 0 Å². The molecule has 4 heteroatoms. The molecule has 0 aromatic carbocycles. The molecule has 0 saturated carbocycles. The molecule has 0 heterocycles. The fourth-order valence-electron chi connectivity index (χ4n) is 4.94. The van der Waals surface area contributed by atoms with Crippen LogP contribution in [0, 0.1) is 0 Å². The normalized spacial score (nSPS) is 12.1. The molecule has 0 rings (SSSR count). The monoisotopic (exact) mass is 510 g/mol. The van der Waals surface area contributed by atoms with Crippen LogP contribution >= 0.6 is 0 Å². The summed E-state index contributed by atoms with van der Waals surface area (Å²) in [5.41, 5.74) is 0. The fourth-order valence-corrected chi connectivity index (χ4v) is 4.94. The minimum absolute atomic E-state index is 0.0136. The summed E-state index contributed by atoms with van der Waals surface area (Å²) in [4.78, 5) is 22.7. The molecule has 0 aliphatic carbocycles.